The van der Waals surface area contributed by atoms with Crippen LogP contribution in [0, 0.1) is 17.8 Å². The minimum atomic E-state index is -3.52. The van der Waals surface area contributed by atoms with Crippen molar-refractivity contribution in [3.05, 3.63) is 82.0 Å². The van der Waals surface area contributed by atoms with E-state index in [2.05, 4.69) is 31.2 Å². The number of halogens is 1. The Hall–Kier alpha value is -3.58. The number of hydrogen-bond donors (Lipinski definition) is 3. The van der Waals surface area contributed by atoms with E-state index in [0.29, 0.717) is 37.4 Å². The minimum absolute atomic E-state index is 0.0169. The van der Waals surface area contributed by atoms with Crippen LogP contribution < -0.4 is 19.1 Å². The van der Waals surface area contributed by atoms with Crippen LogP contribution in [-0.4, -0.2) is 68.8 Å². The quantitative estimate of drug-likeness (QED) is 0.308. The molecule has 2 aromatic carbocycles. The average molecular weight is 724 g/mol. The monoisotopic (exact) mass is 723 g/mol. The largest absolute Gasteiger partial charge is 0.490 e. The summed E-state index contributed by atoms with van der Waals surface area (Å²) in [6.07, 6.45) is 8.56. The highest BCUT2D eigenvalue weighted by Gasteiger charge is 2.44. The number of benzene rings is 2. The highest BCUT2D eigenvalue weighted by atomic mass is 35.5. The molecule has 1 amide bonds. The highest BCUT2D eigenvalue weighted by molar-refractivity contribution is 7.92. The Labute approximate surface area is 298 Å². The molecule has 3 N–H and O–H groups in total. The lowest BCUT2D eigenvalue weighted by molar-refractivity contribution is 0.0456. The Bertz CT molecular complexity index is 1920. The molecule has 1 spiro atoms. The normalized spacial score (nSPS) is 31.6. The lowest BCUT2D eigenvalue weighted by Gasteiger charge is -2.45. The zero-order valence-electron chi connectivity index (χ0n) is 28.8. The van der Waals surface area contributed by atoms with Gasteiger partial charge in [0.2, 0.25) is 5.88 Å². The van der Waals surface area contributed by atoms with Crippen LogP contribution in [0.25, 0.3) is 0 Å². The van der Waals surface area contributed by atoms with Crippen molar-refractivity contribution in [2.24, 2.45) is 29.2 Å². The van der Waals surface area contributed by atoms with E-state index >= 15 is 0 Å². The molecule has 11 nitrogen and oxygen atoms in total. The van der Waals surface area contributed by atoms with Gasteiger partial charge in [0.25, 0.3) is 5.91 Å². The van der Waals surface area contributed by atoms with Crippen LogP contribution in [0.5, 0.6) is 11.6 Å². The molecule has 0 saturated heterocycles. The molecule has 2 aliphatic heterocycles. The summed E-state index contributed by atoms with van der Waals surface area (Å²) < 4.78 is 34.9. The highest BCUT2D eigenvalue weighted by Crippen LogP contribution is 2.47. The molecular weight excluding hydrogens is 678 g/mol. The Morgan fingerprint density at radius 2 is 2.04 bits per heavy atom. The topological polar surface area (TPSA) is 139 Å². The van der Waals surface area contributed by atoms with Gasteiger partial charge in [0, 0.05) is 42.3 Å². The number of carbonyl (C=O) groups is 1. The van der Waals surface area contributed by atoms with E-state index in [1.54, 1.807) is 13.1 Å². The molecule has 1 aromatic heterocycles. The summed E-state index contributed by atoms with van der Waals surface area (Å²) in [6.45, 7) is 3.81. The lowest BCUT2D eigenvalue weighted by atomic mass is 9.68. The third-order valence-electron chi connectivity index (χ3n) is 10.9. The Balaban J connectivity index is 1.29. The maximum Gasteiger partial charge on any atom is 0.270 e. The van der Waals surface area contributed by atoms with Crippen molar-refractivity contribution in [3.8, 4) is 11.6 Å². The van der Waals surface area contributed by atoms with Gasteiger partial charge in [0.1, 0.15) is 21.2 Å². The molecular formula is C37H46ClN5O6S. The zero-order chi connectivity index (χ0) is 35.2. The number of nitrogens with one attached hydrogen (secondary N) is 1. The van der Waals surface area contributed by atoms with Gasteiger partial charge >= 0.3 is 0 Å². The number of anilines is 1. The number of rotatable bonds is 3. The van der Waals surface area contributed by atoms with E-state index in [1.165, 1.54) is 29.1 Å². The molecule has 13 heteroatoms. The summed E-state index contributed by atoms with van der Waals surface area (Å²) in [7, 11) is -0.456. The second kappa shape index (κ2) is 13.9. The fourth-order valence-corrected chi connectivity index (χ4v) is 10.4. The fraction of sp³-hybridized carbons (Fsp3) is 0.514. The first-order valence-corrected chi connectivity index (χ1v) is 19.5. The molecule has 268 valence electrons. The molecule has 2 bridgehead atoms. The summed E-state index contributed by atoms with van der Waals surface area (Å²) >= 11 is 6.44. The minimum Gasteiger partial charge on any atom is -0.490 e. The molecule has 3 heterocycles. The van der Waals surface area contributed by atoms with Gasteiger partial charge in [-0.3, -0.25) is 14.2 Å². The first-order chi connectivity index (χ1) is 24.0. The van der Waals surface area contributed by atoms with Crippen molar-refractivity contribution in [2.75, 3.05) is 37.5 Å². The first kappa shape index (κ1) is 34.9. The Morgan fingerprint density at radius 1 is 1.20 bits per heavy atom. The van der Waals surface area contributed by atoms with Crippen molar-refractivity contribution >= 4 is 33.1 Å². The number of aromatic nitrogens is 2. The summed E-state index contributed by atoms with van der Waals surface area (Å²) in [5, 5.41) is 27.8. The molecule has 7 atom stereocenters. The summed E-state index contributed by atoms with van der Waals surface area (Å²) in [6, 6.07) is 11.7. The van der Waals surface area contributed by atoms with Crippen LogP contribution >= 0.6 is 11.6 Å². The maximum atomic E-state index is 14.5. The number of nitrogens with zero attached hydrogens (tertiary/aromatic N) is 4. The fourth-order valence-electron chi connectivity index (χ4n) is 8.20. The number of methoxy groups -OCH3 is 1. The zero-order valence-corrected chi connectivity index (χ0v) is 30.3. The van der Waals surface area contributed by atoms with Gasteiger partial charge in [0.05, 0.1) is 31.3 Å². The smallest absolute Gasteiger partial charge is 0.270 e. The van der Waals surface area contributed by atoms with Crippen LogP contribution in [-0.2, 0) is 28.8 Å². The second-order valence-corrected chi connectivity index (χ2v) is 17.0. The van der Waals surface area contributed by atoms with Crippen molar-refractivity contribution < 1.29 is 28.7 Å². The van der Waals surface area contributed by atoms with Crippen molar-refractivity contribution in [3.63, 3.8) is 0 Å². The molecule has 50 heavy (non-hydrogen) atoms. The van der Waals surface area contributed by atoms with Gasteiger partial charge < -0.3 is 24.6 Å². The Morgan fingerprint density at radius 3 is 2.82 bits per heavy atom. The van der Waals surface area contributed by atoms with Crippen LogP contribution in [0.4, 0.5) is 5.69 Å². The number of hydrogen-bond acceptors (Lipinski definition) is 9. The van der Waals surface area contributed by atoms with Crippen LogP contribution in [0.15, 0.2) is 59.1 Å². The average Bonchev–Trinajstić information content (AvgIpc) is 3.37. The van der Waals surface area contributed by atoms with E-state index < -0.39 is 28.2 Å². The molecule has 3 aromatic rings. The van der Waals surface area contributed by atoms with Gasteiger partial charge in [-0.25, -0.2) is 4.21 Å². The van der Waals surface area contributed by atoms with E-state index in [4.69, 9.17) is 21.1 Å². The van der Waals surface area contributed by atoms with E-state index in [0.717, 1.165) is 42.8 Å². The van der Waals surface area contributed by atoms with Crippen LogP contribution in [0.2, 0.25) is 5.02 Å². The van der Waals surface area contributed by atoms with Crippen molar-refractivity contribution in [1.29, 1.82) is 0 Å². The SMILES string of the molecule is COc1nn(C)cc1C(=O)NS1(=O)=NC(O)c2ccc3c(c2)N(C[C@@H]2CC[C@H]2[C@@H](O)/C=C/C[C@H](C)C1)C[C@@]1(CCCc2cc(Cl)ccc21)CO3. The summed E-state index contributed by atoms with van der Waals surface area (Å²) in [5.74, 6) is 0.293. The van der Waals surface area contributed by atoms with Crippen molar-refractivity contribution in [2.45, 2.75) is 63.2 Å². The number of aryl methyl sites for hydroxylation is 2. The number of fused-ring (bicyclic) bond motifs is 4. The lowest BCUT2D eigenvalue weighted by Crippen LogP contribution is -2.49. The third-order valence-corrected chi connectivity index (χ3v) is 13.2. The van der Waals surface area contributed by atoms with E-state index in [1.807, 2.05) is 37.3 Å². The first-order valence-electron chi connectivity index (χ1n) is 17.4. The molecule has 0 radical (unpaired) electrons. The van der Waals surface area contributed by atoms with Gasteiger partial charge in [-0.2, -0.15) is 4.36 Å². The number of amides is 1. The molecule has 7 rings (SSSR count). The summed E-state index contributed by atoms with van der Waals surface area (Å²) in [5.41, 5.74) is 3.60. The van der Waals surface area contributed by atoms with Crippen LogP contribution in [0.3, 0.4) is 0 Å². The van der Waals surface area contributed by atoms with E-state index in [9.17, 15) is 19.2 Å². The number of carbonyl (C=O) groups excluding carboxylic acids is 1. The number of ether oxygens (including phenoxy) is 2. The molecule has 2 unspecified atom stereocenters. The molecule has 4 aliphatic rings. The number of allylic oxidation sites excluding steroid dienone is 1. The Kier molecular flexibility index (Phi) is 9.66. The van der Waals surface area contributed by atoms with Gasteiger partial charge in [-0.1, -0.05) is 42.8 Å². The van der Waals surface area contributed by atoms with Gasteiger partial charge in [-0.05, 0) is 91.7 Å². The molecule has 1 saturated carbocycles. The predicted molar refractivity (Wildman–Crippen MR) is 193 cm³/mol. The predicted octanol–water partition coefficient (Wildman–Crippen LogP) is 5.34. The number of aliphatic hydroxyl groups is 2. The summed E-state index contributed by atoms with van der Waals surface area (Å²) in [4.78, 5) is 15.8. The maximum absolute atomic E-state index is 14.5. The van der Waals surface area contributed by atoms with Gasteiger partial charge in [-0.15, -0.1) is 5.10 Å². The van der Waals surface area contributed by atoms with Crippen molar-refractivity contribution in [1.82, 2.24) is 14.5 Å². The van der Waals surface area contributed by atoms with E-state index in [-0.39, 0.29) is 40.4 Å². The number of aliphatic hydroxyl groups excluding tert-OH is 2. The second-order valence-electron chi connectivity index (χ2n) is 14.5. The molecule has 2 aliphatic carbocycles. The van der Waals surface area contributed by atoms with Crippen LogP contribution in [0.1, 0.15) is 72.3 Å². The third kappa shape index (κ3) is 6.87. The molecule has 1 fully saturated rings. The standard InChI is InChI=1S/C37H46ClN5O6S/c1-23-6-4-8-32(44)28-12-9-26(28)18-43-21-37(15-5-7-24-16-27(38)11-13-30(24)37)22-49-33-14-10-25(17-31(33)43)34(45)40-50(47,20-23)41-35(46)29-19-42(2)39-36(29)48-3/h4,8,10-11,13-14,16-17,19,23,26,28,32,34,44-45H,5-7,9,12,15,18,20-22H2,1-3H3,(H,40,41,46,47)/b8-4+/t23-,26-,28+,32-,34?,37-,50?/m0/s1. The van der Waals surface area contributed by atoms with Gasteiger partial charge in [0.15, 0.2) is 6.23 Å².